The van der Waals surface area contributed by atoms with Crippen molar-refractivity contribution in [3.8, 4) is 5.75 Å². The van der Waals surface area contributed by atoms with E-state index >= 15 is 0 Å². The smallest absolute Gasteiger partial charge is 0.216 e. The zero-order chi connectivity index (χ0) is 13.0. The molecule has 3 nitrogen and oxygen atoms in total. The van der Waals surface area contributed by atoms with Crippen molar-refractivity contribution in [1.29, 1.82) is 0 Å². The van der Waals surface area contributed by atoms with E-state index in [-0.39, 0.29) is 6.04 Å². The molecule has 1 atom stereocenters. The van der Waals surface area contributed by atoms with E-state index in [0.717, 1.165) is 43.1 Å². The van der Waals surface area contributed by atoms with Crippen molar-refractivity contribution in [2.75, 3.05) is 13.7 Å². The second-order valence-corrected chi connectivity index (χ2v) is 4.71. The lowest BCUT2D eigenvalue weighted by Crippen LogP contribution is -2.21. The molecule has 1 aliphatic heterocycles. The highest BCUT2D eigenvalue weighted by Crippen LogP contribution is 2.24. The van der Waals surface area contributed by atoms with Crippen LogP contribution < -0.4 is 4.74 Å². The van der Waals surface area contributed by atoms with E-state index in [9.17, 15) is 0 Å². The molecule has 18 heavy (non-hydrogen) atoms. The molecule has 0 amide bonds. The first kappa shape index (κ1) is 12.9. The summed E-state index contributed by atoms with van der Waals surface area (Å²) in [6.45, 7) is 5.02. The Hall–Kier alpha value is -1.51. The number of hydrogen-bond acceptors (Lipinski definition) is 3. The Bertz CT molecular complexity index is 440. The van der Waals surface area contributed by atoms with Crippen LogP contribution in [0, 0.1) is 0 Å². The Morgan fingerprint density at radius 3 is 2.94 bits per heavy atom. The average molecular weight is 247 g/mol. The van der Waals surface area contributed by atoms with Gasteiger partial charge >= 0.3 is 0 Å². The molecule has 98 valence electrons. The summed E-state index contributed by atoms with van der Waals surface area (Å²) in [4.78, 5) is 4.60. The molecular formula is C15H21NO2. The molecule has 3 heteroatoms. The van der Waals surface area contributed by atoms with Crippen molar-refractivity contribution in [3.05, 3.63) is 29.3 Å². The molecule has 1 aromatic rings. The number of unbranched alkanes of at least 4 members (excludes halogenated alkanes) is 1. The molecule has 0 spiro atoms. The van der Waals surface area contributed by atoms with Crippen LogP contribution in [-0.2, 0) is 11.2 Å². The quantitative estimate of drug-likeness (QED) is 0.765. The molecule has 0 aromatic heterocycles. The maximum Gasteiger partial charge on any atom is 0.216 e. The predicted octanol–water partition coefficient (Wildman–Crippen LogP) is 3.20. The Labute approximate surface area is 109 Å². The van der Waals surface area contributed by atoms with Crippen LogP contribution in [0.5, 0.6) is 5.75 Å². The molecule has 1 aromatic carbocycles. The van der Waals surface area contributed by atoms with Crippen molar-refractivity contribution >= 4 is 5.90 Å². The second kappa shape index (κ2) is 5.89. The van der Waals surface area contributed by atoms with E-state index in [0.29, 0.717) is 0 Å². The van der Waals surface area contributed by atoms with Gasteiger partial charge in [0.25, 0.3) is 0 Å². The van der Waals surface area contributed by atoms with Gasteiger partial charge in [-0.25, -0.2) is 4.99 Å². The third kappa shape index (κ3) is 2.84. The predicted molar refractivity (Wildman–Crippen MR) is 73.6 cm³/mol. The molecule has 0 radical (unpaired) electrons. The van der Waals surface area contributed by atoms with Gasteiger partial charge in [0.05, 0.1) is 19.8 Å². The summed E-state index contributed by atoms with van der Waals surface area (Å²) in [5, 5.41) is 0. The standard InChI is InChI=1S/C15H21NO2/c1-4-5-8-18-15-14-7-6-13(17-3)10-12(14)9-11(2)16-15/h6-7,10-11H,4-5,8-9H2,1-3H3. The third-order valence-corrected chi connectivity index (χ3v) is 3.13. The van der Waals surface area contributed by atoms with Crippen LogP contribution in [0.25, 0.3) is 0 Å². The SMILES string of the molecule is CCCCOC1=NC(C)Cc2cc(OC)ccc21. The summed E-state index contributed by atoms with van der Waals surface area (Å²) in [7, 11) is 1.70. The maximum atomic E-state index is 5.80. The molecule has 1 heterocycles. The van der Waals surface area contributed by atoms with Crippen LogP contribution in [0.3, 0.4) is 0 Å². The molecule has 0 aliphatic carbocycles. The number of aliphatic imine (C=N–C) groups is 1. The van der Waals surface area contributed by atoms with Crippen molar-refractivity contribution in [2.24, 2.45) is 4.99 Å². The number of rotatable bonds is 4. The Morgan fingerprint density at radius 2 is 2.22 bits per heavy atom. The Balaban J connectivity index is 2.21. The van der Waals surface area contributed by atoms with E-state index in [1.54, 1.807) is 7.11 Å². The van der Waals surface area contributed by atoms with Gasteiger partial charge in [-0.3, -0.25) is 0 Å². The summed E-state index contributed by atoms with van der Waals surface area (Å²) < 4.78 is 11.1. The van der Waals surface area contributed by atoms with Crippen LogP contribution in [0.2, 0.25) is 0 Å². The molecular weight excluding hydrogens is 226 g/mol. The molecule has 0 bridgehead atoms. The summed E-state index contributed by atoms with van der Waals surface area (Å²) in [5.74, 6) is 1.69. The molecule has 1 aliphatic rings. The molecule has 1 unspecified atom stereocenters. The van der Waals surface area contributed by atoms with E-state index in [1.165, 1.54) is 5.56 Å². The molecule has 2 rings (SSSR count). The second-order valence-electron chi connectivity index (χ2n) is 4.71. The van der Waals surface area contributed by atoms with Gasteiger partial charge in [0.15, 0.2) is 0 Å². The van der Waals surface area contributed by atoms with E-state index < -0.39 is 0 Å². The maximum absolute atomic E-state index is 5.80. The zero-order valence-corrected chi connectivity index (χ0v) is 11.4. The van der Waals surface area contributed by atoms with Crippen LogP contribution in [-0.4, -0.2) is 25.7 Å². The number of methoxy groups -OCH3 is 1. The zero-order valence-electron chi connectivity index (χ0n) is 11.4. The number of nitrogens with zero attached hydrogens (tertiary/aromatic N) is 1. The Morgan fingerprint density at radius 1 is 1.39 bits per heavy atom. The third-order valence-electron chi connectivity index (χ3n) is 3.13. The van der Waals surface area contributed by atoms with Gasteiger partial charge in [-0.1, -0.05) is 13.3 Å². The van der Waals surface area contributed by atoms with Crippen molar-refractivity contribution < 1.29 is 9.47 Å². The van der Waals surface area contributed by atoms with Crippen molar-refractivity contribution in [2.45, 2.75) is 39.2 Å². The molecule has 0 N–H and O–H groups in total. The summed E-state index contributed by atoms with van der Waals surface area (Å²) >= 11 is 0. The minimum Gasteiger partial charge on any atom is -0.497 e. The van der Waals surface area contributed by atoms with Crippen LogP contribution in [0.1, 0.15) is 37.8 Å². The molecule has 0 fully saturated rings. The fraction of sp³-hybridized carbons (Fsp3) is 0.533. The lowest BCUT2D eigenvalue weighted by molar-refractivity contribution is 0.293. The van der Waals surface area contributed by atoms with Gasteiger partial charge in [-0.05, 0) is 43.5 Å². The first-order chi connectivity index (χ1) is 8.74. The van der Waals surface area contributed by atoms with E-state index in [1.807, 2.05) is 12.1 Å². The van der Waals surface area contributed by atoms with Crippen molar-refractivity contribution in [3.63, 3.8) is 0 Å². The van der Waals surface area contributed by atoms with Crippen LogP contribution >= 0.6 is 0 Å². The van der Waals surface area contributed by atoms with Gasteiger partial charge < -0.3 is 9.47 Å². The summed E-state index contributed by atoms with van der Waals surface area (Å²) in [6, 6.07) is 6.38. The first-order valence-electron chi connectivity index (χ1n) is 6.62. The highest BCUT2D eigenvalue weighted by Gasteiger charge is 2.20. The minimum absolute atomic E-state index is 0.279. The topological polar surface area (TPSA) is 30.8 Å². The fourth-order valence-corrected chi connectivity index (χ4v) is 2.14. The Kier molecular flexibility index (Phi) is 4.24. The highest BCUT2D eigenvalue weighted by molar-refractivity contribution is 5.96. The van der Waals surface area contributed by atoms with E-state index in [2.05, 4.69) is 24.9 Å². The summed E-state index contributed by atoms with van der Waals surface area (Å²) in [6.07, 6.45) is 3.16. The van der Waals surface area contributed by atoms with Gasteiger partial charge in [-0.2, -0.15) is 0 Å². The number of ether oxygens (including phenoxy) is 2. The normalized spacial score (nSPS) is 17.9. The number of hydrogen-bond donors (Lipinski definition) is 0. The molecule has 0 saturated carbocycles. The van der Waals surface area contributed by atoms with Crippen LogP contribution in [0.4, 0.5) is 0 Å². The number of fused-ring (bicyclic) bond motifs is 1. The average Bonchev–Trinajstić information content (AvgIpc) is 2.38. The summed E-state index contributed by atoms with van der Waals surface area (Å²) in [5.41, 5.74) is 2.38. The van der Waals surface area contributed by atoms with Gasteiger partial charge in [0, 0.05) is 5.56 Å². The monoisotopic (exact) mass is 247 g/mol. The lowest BCUT2D eigenvalue weighted by atomic mass is 9.97. The van der Waals surface area contributed by atoms with Gasteiger partial charge in [-0.15, -0.1) is 0 Å². The lowest BCUT2D eigenvalue weighted by Gasteiger charge is -2.21. The van der Waals surface area contributed by atoms with Gasteiger partial charge in [0.2, 0.25) is 5.90 Å². The number of benzene rings is 1. The fourth-order valence-electron chi connectivity index (χ4n) is 2.14. The minimum atomic E-state index is 0.279. The van der Waals surface area contributed by atoms with E-state index in [4.69, 9.17) is 9.47 Å². The highest BCUT2D eigenvalue weighted by atomic mass is 16.5. The van der Waals surface area contributed by atoms with Gasteiger partial charge in [0.1, 0.15) is 5.75 Å². The molecule has 0 saturated heterocycles. The largest absolute Gasteiger partial charge is 0.497 e. The van der Waals surface area contributed by atoms with Crippen molar-refractivity contribution in [1.82, 2.24) is 0 Å². The first-order valence-corrected chi connectivity index (χ1v) is 6.62. The van der Waals surface area contributed by atoms with Crippen LogP contribution in [0.15, 0.2) is 23.2 Å².